The molecular weight excluding hydrogens is 171 g/mol. The van der Waals surface area contributed by atoms with E-state index in [4.69, 9.17) is 4.74 Å². The van der Waals surface area contributed by atoms with Crippen LogP contribution in [0.3, 0.4) is 0 Å². The number of ether oxygens (including phenoxy) is 1. The van der Waals surface area contributed by atoms with E-state index in [9.17, 15) is 12.3 Å². The number of hydrogen-bond donors (Lipinski definition) is 0. The fourth-order valence-corrected chi connectivity index (χ4v) is 2.25. The third-order valence-electron chi connectivity index (χ3n) is 2.05. The highest BCUT2D eigenvalue weighted by molar-refractivity contribution is 7.86. The van der Waals surface area contributed by atoms with Crippen LogP contribution in [0.5, 0.6) is 0 Å². The average molecular weight is 182 g/mol. The molecular formula is C6H11FO3S. The molecule has 1 aliphatic rings. The van der Waals surface area contributed by atoms with Gasteiger partial charge in [0.15, 0.2) is 0 Å². The van der Waals surface area contributed by atoms with Crippen LogP contribution in [0.25, 0.3) is 0 Å². The summed E-state index contributed by atoms with van der Waals surface area (Å²) in [5.41, 5.74) is -0.437. The molecule has 11 heavy (non-hydrogen) atoms. The van der Waals surface area contributed by atoms with Gasteiger partial charge in [0.05, 0.1) is 19.0 Å². The van der Waals surface area contributed by atoms with E-state index < -0.39 is 21.4 Å². The second-order valence-electron chi connectivity index (χ2n) is 3.03. The smallest absolute Gasteiger partial charge is 0.303 e. The first-order chi connectivity index (χ1) is 4.97. The molecule has 0 bridgehead atoms. The minimum absolute atomic E-state index is 0.368. The standard InChI is InChI=1S/C6H11FO3S/c1-2-6(3-10-4-6)5-11(7,8)9/h2-5H2,1H3. The van der Waals surface area contributed by atoms with Crippen molar-refractivity contribution >= 4 is 10.2 Å². The summed E-state index contributed by atoms with van der Waals surface area (Å²) in [6.45, 7) is 2.58. The second kappa shape index (κ2) is 2.71. The lowest BCUT2D eigenvalue weighted by molar-refractivity contribution is -0.101. The predicted molar refractivity (Wildman–Crippen MR) is 38.4 cm³/mol. The van der Waals surface area contributed by atoms with Crippen LogP contribution in [-0.2, 0) is 15.0 Å². The first-order valence-electron chi connectivity index (χ1n) is 3.47. The summed E-state index contributed by atoms with van der Waals surface area (Å²) in [4.78, 5) is 0. The topological polar surface area (TPSA) is 43.4 Å². The Morgan fingerprint density at radius 3 is 2.18 bits per heavy atom. The maximum atomic E-state index is 12.2. The van der Waals surface area contributed by atoms with Crippen LogP contribution in [0.4, 0.5) is 3.89 Å². The minimum Gasteiger partial charge on any atom is -0.380 e. The van der Waals surface area contributed by atoms with Crippen molar-refractivity contribution in [2.45, 2.75) is 13.3 Å². The van der Waals surface area contributed by atoms with Gasteiger partial charge in [-0.2, -0.15) is 8.42 Å². The normalized spacial score (nSPS) is 22.7. The highest BCUT2D eigenvalue weighted by atomic mass is 32.3. The van der Waals surface area contributed by atoms with Crippen molar-refractivity contribution in [1.29, 1.82) is 0 Å². The Kier molecular flexibility index (Phi) is 2.20. The molecule has 0 N–H and O–H groups in total. The lowest BCUT2D eigenvalue weighted by Gasteiger charge is -2.39. The average Bonchev–Trinajstić information content (AvgIpc) is 1.77. The molecule has 1 rings (SSSR count). The maximum Gasteiger partial charge on any atom is 0.303 e. The Balaban J connectivity index is 2.59. The Morgan fingerprint density at radius 1 is 1.55 bits per heavy atom. The molecule has 66 valence electrons. The van der Waals surface area contributed by atoms with E-state index in [0.717, 1.165) is 0 Å². The van der Waals surface area contributed by atoms with E-state index in [2.05, 4.69) is 0 Å². The molecule has 0 aromatic rings. The van der Waals surface area contributed by atoms with Crippen LogP contribution >= 0.6 is 0 Å². The Hall–Kier alpha value is -0.160. The van der Waals surface area contributed by atoms with Gasteiger partial charge in [-0.3, -0.25) is 0 Å². The molecule has 0 spiro atoms. The molecule has 0 radical (unpaired) electrons. The zero-order chi connectivity index (χ0) is 8.54. The molecule has 3 nitrogen and oxygen atoms in total. The third-order valence-corrected chi connectivity index (χ3v) is 3.00. The summed E-state index contributed by atoms with van der Waals surface area (Å²) in [5, 5.41) is 0. The van der Waals surface area contributed by atoms with E-state index in [0.29, 0.717) is 19.6 Å². The zero-order valence-corrected chi connectivity index (χ0v) is 7.16. The SMILES string of the molecule is CCC1(CS(=O)(=O)F)COC1. The van der Waals surface area contributed by atoms with Gasteiger partial charge in [-0.05, 0) is 6.42 Å². The molecule has 0 unspecified atom stereocenters. The first kappa shape index (κ1) is 8.93. The maximum absolute atomic E-state index is 12.2. The number of rotatable bonds is 3. The predicted octanol–water partition coefficient (Wildman–Crippen LogP) is 0.712. The van der Waals surface area contributed by atoms with Gasteiger partial charge in [0.2, 0.25) is 0 Å². The van der Waals surface area contributed by atoms with Crippen LogP contribution in [0.1, 0.15) is 13.3 Å². The molecule has 0 atom stereocenters. The minimum atomic E-state index is -4.33. The summed E-state index contributed by atoms with van der Waals surface area (Å²) >= 11 is 0. The van der Waals surface area contributed by atoms with Crippen molar-refractivity contribution in [3.05, 3.63) is 0 Å². The van der Waals surface area contributed by atoms with Gasteiger partial charge in [-0.15, -0.1) is 3.89 Å². The molecule has 0 aromatic heterocycles. The van der Waals surface area contributed by atoms with Gasteiger partial charge in [-0.25, -0.2) is 0 Å². The van der Waals surface area contributed by atoms with E-state index in [1.165, 1.54) is 0 Å². The third kappa shape index (κ3) is 2.13. The summed E-state index contributed by atoms with van der Waals surface area (Å²) in [6, 6.07) is 0. The molecule has 0 saturated carbocycles. The Labute approximate surface area is 65.8 Å². The van der Waals surface area contributed by atoms with E-state index in [1.807, 2.05) is 6.92 Å². The summed E-state index contributed by atoms with van der Waals surface area (Å²) in [7, 11) is -4.33. The molecule has 0 aromatic carbocycles. The van der Waals surface area contributed by atoms with Crippen molar-refractivity contribution in [2.75, 3.05) is 19.0 Å². The van der Waals surface area contributed by atoms with Gasteiger partial charge in [0.25, 0.3) is 0 Å². The van der Waals surface area contributed by atoms with Crippen LogP contribution in [0.15, 0.2) is 0 Å². The van der Waals surface area contributed by atoms with E-state index in [1.54, 1.807) is 0 Å². The number of hydrogen-bond acceptors (Lipinski definition) is 3. The van der Waals surface area contributed by atoms with Crippen molar-refractivity contribution in [2.24, 2.45) is 5.41 Å². The Bertz CT molecular complexity index is 225. The van der Waals surface area contributed by atoms with Gasteiger partial charge in [-0.1, -0.05) is 6.92 Å². The highest BCUT2D eigenvalue weighted by Gasteiger charge is 2.41. The highest BCUT2D eigenvalue weighted by Crippen LogP contribution is 2.32. The first-order valence-corrected chi connectivity index (χ1v) is 5.03. The lowest BCUT2D eigenvalue weighted by Crippen LogP contribution is -2.46. The quantitative estimate of drug-likeness (QED) is 0.604. The van der Waals surface area contributed by atoms with Crippen molar-refractivity contribution in [1.82, 2.24) is 0 Å². The van der Waals surface area contributed by atoms with E-state index in [-0.39, 0.29) is 0 Å². The van der Waals surface area contributed by atoms with Crippen LogP contribution in [0.2, 0.25) is 0 Å². The van der Waals surface area contributed by atoms with Crippen molar-refractivity contribution < 1.29 is 17.0 Å². The molecule has 0 amide bonds. The van der Waals surface area contributed by atoms with Crippen LogP contribution in [-0.4, -0.2) is 27.4 Å². The number of halogens is 1. The largest absolute Gasteiger partial charge is 0.380 e. The molecule has 0 aliphatic carbocycles. The summed E-state index contributed by atoms with van der Waals surface area (Å²) in [6.07, 6.45) is 0.649. The van der Waals surface area contributed by atoms with Crippen molar-refractivity contribution in [3.8, 4) is 0 Å². The monoisotopic (exact) mass is 182 g/mol. The zero-order valence-electron chi connectivity index (χ0n) is 6.34. The van der Waals surface area contributed by atoms with Gasteiger partial charge >= 0.3 is 10.2 Å². The van der Waals surface area contributed by atoms with Gasteiger partial charge < -0.3 is 4.74 Å². The van der Waals surface area contributed by atoms with E-state index >= 15 is 0 Å². The second-order valence-corrected chi connectivity index (χ2v) is 4.40. The molecule has 1 heterocycles. The molecule has 1 saturated heterocycles. The van der Waals surface area contributed by atoms with Gasteiger partial charge in [0.1, 0.15) is 0 Å². The molecule has 1 fully saturated rings. The Morgan fingerprint density at radius 2 is 2.09 bits per heavy atom. The fourth-order valence-electron chi connectivity index (χ4n) is 1.15. The fraction of sp³-hybridized carbons (Fsp3) is 1.00. The molecule has 1 aliphatic heterocycles. The van der Waals surface area contributed by atoms with Crippen LogP contribution in [0, 0.1) is 5.41 Å². The summed E-state index contributed by atoms with van der Waals surface area (Å²) in [5.74, 6) is -0.392. The lowest BCUT2D eigenvalue weighted by atomic mass is 9.86. The summed E-state index contributed by atoms with van der Waals surface area (Å²) < 4.78 is 37.6. The molecule has 5 heteroatoms. The van der Waals surface area contributed by atoms with Crippen molar-refractivity contribution in [3.63, 3.8) is 0 Å². The van der Waals surface area contributed by atoms with Crippen LogP contribution < -0.4 is 0 Å². The van der Waals surface area contributed by atoms with Gasteiger partial charge in [0, 0.05) is 5.41 Å².